The summed E-state index contributed by atoms with van der Waals surface area (Å²) in [6, 6.07) is 13.0. The van der Waals surface area contributed by atoms with Crippen LogP contribution in [0.15, 0.2) is 47.4 Å². The molecule has 2 heterocycles. The van der Waals surface area contributed by atoms with Gasteiger partial charge in [-0.1, -0.05) is 32.4 Å². The molecule has 7 nitrogen and oxygen atoms in total. The van der Waals surface area contributed by atoms with Crippen LogP contribution >= 0.6 is 0 Å². The number of benzene rings is 2. The largest absolute Gasteiger partial charge is 0.331 e. The van der Waals surface area contributed by atoms with Crippen LogP contribution in [0.5, 0.6) is 0 Å². The predicted octanol–water partition coefficient (Wildman–Crippen LogP) is 4.44. The SMILES string of the molecule is CC(C)c1ccc(NC(=O)CCc2nc3cc(S(=O)(=O)N4CCCCC4)ccc3n2C)cc1. The molecule has 1 N–H and O–H groups in total. The molecular weight excluding hydrogens is 436 g/mol. The van der Waals surface area contributed by atoms with Crippen LogP contribution in [0.4, 0.5) is 5.69 Å². The van der Waals surface area contributed by atoms with E-state index in [-0.39, 0.29) is 10.8 Å². The molecule has 1 aliphatic heterocycles. The third kappa shape index (κ3) is 5.12. The summed E-state index contributed by atoms with van der Waals surface area (Å²) in [5, 5.41) is 2.94. The van der Waals surface area contributed by atoms with Crippen LogP contribution < -0.4 is 5.32 Å². The first-order valence-corrected chi connectivity index (χ1v) is 13.0. The number of fused-ring (bicyclic) bond motifs is 1. The van der Waals surface area contributed by atoms with Crippen molar-refractivity contribution in [1.29, 1.82) is 0 Å². The van der Waals surface area contributed by atoms with Crippen molar-refractivity contribution in [3.05, 3.63) is 53.9 Å². The second-order valence-electron chi connectivity index (χ2n) is 9.03. The number of piperidine rings is 1. The van der Waals surface area contributed by atoms with Crippen LogP contribution in [0.1, 0.15) is 56.8 Å². The van der Waals surface area contributed by atoms with Crippen LogP contribution in [0.2, 0.25) is 0 Å². The number of hydrogen-bond acceptors (Lipinski definition) is 4. The first-order valence-electron chi connectivity index (χ1n) is 11.6. The van der Waals surface area contributed by atoms with Crippen molar-refractivity contribution in [2.24, 2.45) is 7.05 Å². The van der Waals surface area contributed by atoms with Gasteiger partial charge in [0.1, 0.15) is 5.82 Å². The third-order valence-electron chi connectivity index (χ3n) is 6.33. The third-order valence-corrected chi connectivity index (χ3v) is 8.23. The number of aromatic nitrogens is 2. The molecule has 0 radical (unpaired) electrons. The average molecular weight is 469 g/mol. The molecule has 1 saturated heterocycles. The lowest BCUT2D eigenvalue weighted by Gasteiger charge is -2.25. The predicted molar refractivity (Wildman–Crippen MR) is 131 cm³/mol. The number of imidazole rings is 1. The van der Waals surface area contributed by atoms with Gasteiger partial charge in [0, 0.05) is 38.7 Å². The van der Waals surface area contributed by atoms with E-state index in [0.29, 0.717) is 37.4 Å². The number of aryl methyl sites for hydroxylation is 2. The fraction of sp³-hybridized carbons (Fsp3) is 0.440. The highest BCUT2D eigenvalue weighted by Gasteiger charge is 2.26. The Labute approximate surface area is 195 Å². The van der Waals surface area contributed by atoms with E-state index in [0.717, 1.165) is 36.3 Å². The van der Waals surface area contributed by atoms with Gasteiger partial charge < -0.3 is 9.88 Å². The fourth-order valence-corrected chi connectivity index (χ4v) is 5.81. The van der Waals surface area contributed by atoms with Gasteiger partial charge in [-0.15, -0.1) is 0 Å². The van der Waals surface area contributed by atoms with Crippen molar-refractivity contribution in [2.45, 2.75) is 56.8 Å². The minimum Gasteiger partial charge on any atom is -0.331 e. The van der Waals surface area contributed by atoms with E-state index in [4.69, 9.17) is 0 Å². The summed E-state index contributed by atoms with van der Waals surface area (Å²) >= 11 is 0. The Hall–Kier alpha value is -2.71. The number of anilines is 1. The van der Waals surface area contributed by atoms with E-state index in [2.05, 4.69) is 24.1 Å². The maximum absolute atomic E-state index is 13.0. The molecule has 4 rings (SSSR count). The minimum absolute atomic E-state index is 0.0762. The summed E-state index contributed by atoms with van der Waals surface area (Å²) in [6.45, 7) is 5.42. The summed E-state index contributed by atoms with van der Waals surface area (Å²) in [6.07, 6.45) is 3.64. The molecule has 2 aromatic carbocycles. The number of nitrogens with one attached hydrogen (secondary N) is 1. The van der Waals surface area contributed by atoms with Gasteiger partial charge in [0.15, 0.2) is 0 Å². The number of hydrogen-bond donors (Lipinski definition) is 1. The molecule has 0 unspecified atom stereocenters. The quantitative estimate of drug-likeness (QED) is 0.555. The van der Waals surface area contributed by atoms with Crippen LogP contribution in [0.25, 0.3) is 11.0 Å². The molecule has 1 aromatic heterocycles. The molecule has 1 fully saturated rings. The van der Waals surface area contributed by atoms with Crippen molar-refractivity contribution in [1.82, 2.24) is 13.9 Å². The normalized spacial score (nSPS) is 15.3. The standard InChI is InChI=1S/C25H32N4O3S/c1-18(2)19-7-9-20(10-8-19)26-25(30)14-13-24-27-22-17-21(11-12-23(22)28(24)3)33(31,32)29-15-5-4-6-16-29/h7-12,17-18H,4-6,13-16H2,1-3H3,(H,26,30). The van der Waals surface area contributed by atoms with Crippen molar-refractivity contribution in [2.75, 3.05) is 18.4 Å². The molecule has 0 aliphatic carbocycles. The molecule has 3 aromatic rings. The molecule has 1 aliphatic rings. The highest BCUT2D eigenvalue weighted by molar-refractivity contribution is 7.89. The van der Waals surface area contributed by atoms with Crippen LogP contribution in [-0.4, -0.2) is 41.3 Å². The van der Waals surface area contributed by atoms with Gasteiger partial charge in [-0.25, -0.2) is 13.4 Å². The van der Waals surface area contributed by atoms with E-state index >= 15 is 0 Å². The number of carbonyl (C=O) groups excluding carboxylic acids is 1. The first kappa shape index (κ1) is 23.4. The lowest BCUT2D eigenvalue weighted by Crippen LogP contribution is -2.35. The number of rotatable bonds is 7. The Balaban J connectivity index is 1.45. The van der Waals surface area contributed by atoms with E-state index in [1.807, 2.05) is 35.9 Å². The number of carbonyl (C=O) groups is 1. The zero-order valence-corrected chi connectivity index (χ0v) is 20.4. The topological polar surface area (TPSA) is 84.3 Å². The second-order valence-corrected chi connectivity index (χ2v) is 11.0. The summed E-state index contributed by atoms with van der Waals surface area (Å²) in [5.41, 5.74) is 3.50. The maximum atomic E-state index is 13.0. The zero-order chi connectivity index (χ0) is 23.6. The second kappa shape index (κ2) is 9.65. The van der Waals surface area contributed by atoms with Crippen LogP contribution in [-0.2, 0) is 28.3 Å². The van der Waals surface area contributed by atoms with E-state index in [1.54, 1.807) is 22.5 Å². The Kier molecular flexibility index (Phi) is 6.86. The molecule has 176 valence electrons. The highest BCUT2D eigenvalue weighted by Crippen LogP contribution is 2.25. The lowest BCUT2D eigenvalue weighted by molar-refractivity contribution is -0.116. The van der Waals surface area contributed by atoms with E-state index in [1.165, 1.54) is 5.56 Å². The van der Waals surface area contributed by atoms with Gasteiger partial charge in [-0.05, 0) is 54.7 Å². The summed E-state index contributed by atoms with van der Waals surface area (Å²) in [7, 11) is -1.61. The maximum Gasteiger partial charge on any atom is 0.243 e. The summed E-state index contributed by atoms with van der Waals surface area (Å²) in [5.74, 6) is 1.12. The lowest BCUT2D eigenvalue weighted by atomic mass is 10.0. The Morgan fingerprint density at radius 3 is 2.42 bits per heavy atom. The number of sulfonamides is 1. The van der Waals surface area contributed by atoms with Crippen molar-refractivity contribution in [3.63, 3.8) is 0 Å². The highest BCUT2D eigenvalue weighted by atomic mass is 32.2. The molecular formula is C25H32N4O3S. The van der Waals surface area contributed by atoms with Crippen molar-refractivity contribution in [3.8, 4) is 0 Å². The van der Waals surface area contributed by atoms with E-state index < -0.39 is 10.0 Å². The Bertz CT molecular complexity index is 1240. The smallest absolute Gasteiger partial charge is 0.243 e. The number of amides is 1. The van der Waals surface area contributed by atoms with Gasteiger partial charge >= 0.3 is 0 Å². The monoisotopic (exact) mass is 468 g/mol. The molecule has 0 saturated carbocycles. The van der Waals surface area contributed by atoms with E-state index in [9.17, 15) is 13.2 Å². The Morgan fingerprint density at radius 2 is 1.76 bits per heavy atom. The average Bonchev–Trinajstić information content (AvgIpc) is 3.13. The number of nitrogens with zero attached hydrogens (tertiary/aromatic N) is 3. The molecule has 33 heavy (non-hydrogen) atoms. The Morgan fingerprint density at radius 1 is 1.06 bits per heavy atom. The van der Waals surface area contributed by atoms with Crippen LogP contribution in [0, 0.1) is 0 Å². The van der Waals surface area contributed by atoms with Gasteiger partial charge in [-0.2, -0.15) is 4.31 Å². The molecule has 0 bridgehead atoms. The molecule has 1 amide bonds. The van der Waals surface area contributed by atoms with Crippen molar-refractivity contribution < 1.29 is 13.2 Å². The summed E-state index contributed by atoms with van der Waals surface area (Å²) < 4.78 is 29.5. The van der Waals surface area contributed by atoms with Crippen LogP contribution in [0.3, 0.4) is 0 Å². The molecule has 0 spiro atoms. The van der Waals surface area contributed by atoms with Gasteiger partial charge in [0.2, 0.25) is 15.9 Å². The fourth-order valence-electron chi connectivity index (χ4n) is 4.27. The zero-order valence-electron chi connectivity index (χ0n) is 19.5. The molecule has 0 atom stereocenters. The minimum atomic E-state index is -3.51. The van der Waals surface area contributed by atoms with Gasteiger partial charge in [0.25, 0.3) is 0 Å². The molecule has 8 heteroatoms. The first-order chi connectivity index (χ1) is 15.8. The van der Waals surface area contributed by atoms with Gasteiger partial charge in [0.05, 0.1) is 15.9 Å². The summed E-state index contributed by atoms with van der Waals surface area (Å²) in [4.78, 5) is 17.4. The van der Waals surface area contributed by atoms with Crippen molar-refractivity contribution >= 4 is 32.7 Å². The van der Waals surface area contributed by atoms with Gasteiger partial charge in [-0.3, -0.25) is 4.79 Å².